The number of hydrazone groups is 1. The van der Waals surface area contributed by atoms with Gasteiger partial charge in [-0.2, -0.15) is 5.10 Å². The van der Waals surface area contributed by atoms with Gasteiger partial charge in [-0.25, -0.2) is 5.43 Å². The third-order valence-corrected chi connectivity index (χ3v) is 3.38. The molecule has 0 saturated carbocycles. The molecule has 1 heterocycles. The van der Waals surface area contributed by atoms with Gasteiger partial charge in [0.2, 0.25) is 5.91 Å². The number of amides is 2. The van der Waals surface area contributed by atoms with Crippen LogP contribution in [0.4, 0.5) is 0 Å². The van der Waals surface area contributed by atoms with Crippen LogP contribution in [0.25, 0.3) is 0 Å². The molecule has 2 N–H and O–H groups in total. The number of hydrogen-bond acceptors (Lipinski definition) is 4. The van der Waals surface area contributed by atoms with E-state index < -0.39 is 0 Å². The van der Waals surface area contributed by atoms with E-state index >= 15 is 0 Å². The molecule has 1 aromatic carbocycles. The van der Waals surface area contributed by atoms with Crippen LogP contribution in [0.1, 0.15) is 18.4 Å². The van der Waals surface area contributed by atoms with Gasteiger partial charge in [0, 0.05) is 19.4 Å². The van der Waals surface area contributed by atoms with Gasteiger partial charge in [-0.3, -0.25) is 9.59 Å². The Morgan fingerprint density at radius 2 is 2.29 bits per heavy atom. The summed E-state index contributed by atoms with van der Waals surface area (Å²) in [5.41, 5.74) is 3.65. The van der Waals surface area contributed by atoms with E-state index in [1.165, 1.54) is 0 Å². The first kappa shape index (κ1) is 15.3. The lowest BCUT2D eigenvalue weighted by molar-refractivity contribution is -0.121. The first-order valence-electron chi connectivity index (χ1n) is 6.56. The summed E-state index contributed by atoms with van der Waals surface area (Å²) in [6.45, 7) is 0.467. The van der Waals surface area contributed by atoms with Gasteiger partial charge < -0.3 is 10.1 Å². The molecule has 0 atom stereocenters. The summed E-state index contributed by atoms with van der Waals surface area (Å²) in [5.74, 6) is 0.200. The van der Waals surface area contributed by atoms with E-state index in [4.69, 9.17) is 16.3 Å². The molecule has 0 aromatic heterocycles. The number of ether oxygens (including phenoxy) is 1. The molecule has 0 unspecified atom stereocenters. The van der Waals surface area contributed by atoms with Crippen LogP contribution in [0, 0.1) is 0 Å². The van der Waals surface area contributed by atoms with Crippen molar-refractivity contribution < 1.29 is 14.3 Å². The molecule has 0 bridgehead atoms. The fourth-order valence-corrected chi connectivity index (χ4v) is 2.21. The van der Waals surface area contributed by atoms with E-state index in [1.807, 2.05) is 12.1 Å². The minimum absolute atomic E-state index is 0.167. The van der Waals surface area contributed by atoms with Crippen LogP contribution in [0.3, 0.4) is 0 Å². The van der Waals surface area contributed by atoms with E-state index in [0.29, 0.717) is 42.3 Å². The highest BCUT2D eigenvalue weighted by molar-refractivity contribution is 6.39. The maximum atomic E-state index is 11.8. The van der Waals surface area contributed by atoms with Crippen molar-refractivity contribution >= 4 is 29.1 Å². The molecular weight excluding hydrogens is 294 g/mol. The smallest absolute Gasteiger partial charge is 0.267 e. The van der Waals surface area contributed by atoms with Crippen LogP contribution < -0.4 is 15.5 Å². The van der Waals surface area contributed by atoms with E-state index in [9.17, 15) is 9.59 Å². The molecule has 0 saturated heterocycles. The molecule has 1 aromatic rings. The third-order valence-electron chi connectivity index (χ3n) is 3.08. The Labute approximate surface area is 127 Å². The van der Waals surface area contributed by atoms with Crippen LogP contribution in [-0.2, 0) is 16.0 Å². The van der Waals surface area contributed by atoms with Gasteiger partial charge in [-0.05, 0) is 24.1 Å². The topological polar surface area (TPSA) is 79.8 Å². The average molecular weight is 310 g/mol. The number of nitrogens with zero attached hydrogens (tertiary/aromatic N) is 1. The zero-order valence-corrected chi connectivity index (χ0v) is 12.4. The first-order valence-corrected chi connectivity index (χ1v) is 6.94. The molecule has 112 valence electrons. The molecule has 0 radical (unpaired) electrons. The third kappa shape index (κ3) is 4.19. The Balaban J connectivity index is 1.83. The van der Waals surface area contributed by atoms with Crippen molar-refractivity contribution in [1.29, 1.82) is 0 Å². The summed E-state index contributed by atoms with van der Waals surface area (Å²) >= 11 is 6.03. The summed E-state index contributed by atoms with van der Waals surface area (Å²) in [6.07, 6.45) is 1.31. The highest BCUT2D eigenvalue weighted by Crippen LogP contribution is 2.24. The quantitative estimate of drug-likeness (QED) is 0.859. The van der Waals surface area contributed by atoms with E-state index in [-0.39, 0.29) is 11.8 Å². The van der Waals surface area contributed by atoms with Crippen molar-refractivity contribution in [2.75, 3.05) is 13.7 Å². The molecule has 1 aliphatic heterocycles. The summed E-state index contributed by atoms with van der Waals surface area (Å²) in [7, 11) is 1.56. The van der Waals surface area contributed by atoms with Gasteiger partial charge >= 0.3 is 0 Å². The number of rotatable bonds is 5. The highest BCUT2D eigenvalue weighted by Gasteiger charge is 2.17. The van der Waals surface area contributed by atoms with Gasteiger partial charge in [0.1, 0.15) is 11.5 Å². The second kappa shape index (κ2) is 7.08. The fourth-order valence-electron chi connectivity index (χ4n) is 1.93. The molecule has 2 rings (SSSR count). The van der Waals surface area contributed by atoms with Gasteiger partial charge in [0.15, 0.2) is 0 Å². The predicted octanol–water partition coefficient (Wildman–Crippen LogP) is 1.27. The van der Waals surface area contributed by atoms with Crippen LogP contribution >= 0.6 is 11.6 Å². The monoisotopic (exact) mass is 309 g/mol. The Morgan fingerprint density at radius 1 is 1.48 bits per heavy atom. The highest BCUT2D eigenvalue weighted by atomic mass is 35.5. The Hall–Kier alpha value is -2.08. The van der Waals surface area contributed by atoms with E-state index in [1.54, 1.807) is 13.2 Å². The van der Waals surface area contributed by atoms with Crippen molar-refractivity contribution in [2.24, 2.45) is 5.10 Å². The maximum Gasteiger partial charge on any atom is 0.267 e. The Morgan fingerprint density at radius 3 is 2.90 bits per heavy atom. The number of methoxy groups -OCH3 is 1. The van der Waals surface area contributed by atoms with Gasteiger partial charge in [0.05, 0.1) is 12.1 Å². The maximum absolute atomic E-state index is 11.8. The van der Waals surface area contributed by atoms with Crippen LogP contribution in [0.15, 0.2) is 23.3 Å². The van der Waals surface area contributed by atoms with E-state index in [0.717, 1.165) is 5.56 Å². The second-order valence-electron chi connectivity index (χ2n) is 4.57. The van der Waals surface area contributed by atoms with Crippen molar-refractivity contribution in [2.45, 2.75) is 19.3 Å². The molecule has 1 aliphatic rings. The standard InChI is InChI=1S/C14H16ClN3O3/c1-21-12-4-2-9(8-10(12)15)6-7-16-14(20)11-3-5-13(19)18-17-11/h2,4,8H,3,5-7H2,1H3,(H,16,20)(H,18,19). The number of carbonyl (C=O) groups excluding carboxylic acids is 2. The summed E-state index contributed by atoms with van der Waals surface area (Å²) in [5, 5.41) is 7.05. The zero-order valence-electron chi connectivity index (χ0n) is 11.6. The summed E-state index contributed by atoms with van der Waals surface area (Å²) < 4.78 is 5.08. The molecular formula is C14H16ClN3O3. The van der Waals surface area contributed by atoms with Crippen LogP contribution in [0.2, 0.25) is 5.02 Å². The lowest BCUT2D eigenvalue weighted by atomic mass is 10.1. The van der Waals surface area contributed by atoms with Crippen LogP contribution in [-0.4, -0.2) is 31.2 Å². The number of halogens is 1. The molecule has 0 spiro atoms. The molecule has 21 heavy (non-hydrogen) atoms. The molecule has 0 aliphatic carbocycles. The molecule has 2 amide bonds. The van der Waals surface area contributed by atoms with Crippen molar-refractivity contribution in [3.05, 3.63) is 28.8 Å². The fraction of sp³-hybridized carbons (Fsp3) is 0.357. The van der Waals surface area contributed by atoms with Gasteiger partial charge in [-0.15, -0.1) is 0 Å². The predicted molar refractivity (Wildman–Crippen MR) is 79.5 cm³/mol. The lowest BCUT2D eigenvalue weighted by Gasteiger charge is -2.12. The normalized spacial score (nSPS) is 14.2. The molecule has 6 nitrogen and oxygen atoms in total. The first-order chi connectivity index (χ1) is 10.1. The largest absolute Gasteiger partial charge is 0.495 e. The second-order valence-corrected chi connectivity index (χ2v) is 4.98. The molecule has 7 heteroatoms. The zero-order chi connectivity index (χ0) is 15.2. The van der Waals surface area contributed by atoms with E-state index in [2.05, 4.69) is 15.8 Å². The minimum Gasteiger partial charge on any atom is -0.495 e. The Kier molecular flexibility index (Phi) is 5.16. The Bertz CT molecular complexity index is 587. The number of carbonyl (C=O) groups is 2. The summed E-state index contributed by atoms with van der Waals surface area (Å²) in [6, 6.07) is 5.50. The average Bonchev–Trinajstić information content (AvgIpc) is 2.48. The SMILES string of the molecule is COc1ccc(CCNC(=O)C2=NNC(=O)CC2)cc1Cl. The molecule has 0 fully saturated rings. The van der Waals surface area contributed by atoms with Crippen molar-refractivity contribution in [1.82, 2.24) is 10.7 Å². The number of hydrogen-bond donors (Lipinski definition) is 2. The minimum atomic E-state index is -0.255. The number of nitrogens with one attached hydrogen (secondary N) is 2. The number of benzene rings is 1. The summed E-state index contributed by atoms with van der Waals surface area (Å²) in [4.78, 5) is 22.8. The van der Waals surface area contributed by atoms with Gasteiger partial charge in [0.25, 0.3) is 5.91 Å². The van der Waals surface area contributed by atoms with Crippen molar-refractivity contribution in [3.63, 3.8) is 0 Å². The van der Waals surface area contributed by atoms with Crippen LogP contribution in [0.5, 0.6) is 5.75 Å². The lowest BCUT2D eigenvalue weighted by Crippen LogP contribution is -2.37. The van der Waals surface area contributed by atoms with Crippen molar-refractivity contribution in [3.8, 4) is 5.75 Å². The van der Waals surface area contributed by atoms with Gasteiger partial charge in [-0.1, -0.05) is 17.7 Å².